The highest BCUT2D eigenvalue weighted by molar-refractivity contribution is 8.02. The average molecular weight is 343 g/mol. The summed E-state index contributed by atoms with van der Waals surface area (Å²) in [6, 6.07) is 8.31. The van der Waals surface area contributed by atoms with E-state index in [1.807, 2.05) is 42.1 Å². The first-order valence-corrected chi connectivity index (χ1v) is 9.30. The number of nitrogens with one attached hydrogen (secondary N) is 1. The molecule has 0 aliphatic carbocycles. The largest absolute Gasteiger partial charge is 0.480 e. The predicted octanol–water partition coefficient (Wildman–Crippen LogP) is 2.85. The zero-order chi connectivity index (χ0) is 16.2. The van der Waals surface area contributed by atoms with E-state index in [-0.39, 0.29) is 6.61 Å². The van der Waals surface area contributed by atoms with Gasteiger partial charge < -0.3 is 15.2 Å². The van der Waals surface area contributed by atoms with Crippen molar-refractivity contribution in [3.05, 3.63) is 35.9 Å². The van der Waals surface area contributed by atoms with Crippen molar-refractivity contribution >= 4 is 35.6 Å². The van der Waals surface area contributed by atoms with E-state index in [1.165, 1.54) is 11.8 Å². The second-order valence-corrected chi connectivity index (χ2v) is 6.91. The van der Waals surface area contributed by atoms with Gasteiger partial charge in [-0.3, -0.25) is 0 Å². The molecule has 0 heterocycles. The number of thioether (sulfide) groups is 2. The van der Waals surface area contributed by atoms with E-state index in [1.54, 1.807) is 0 Å². The van der Waals surface area contributed by atoms with E-state index in [0.717, 1.165) is 22.8 Å². The smallest absolute Gasteiger partial charge is 0.408 e. The van der Waals surface area contributed by atoms with E-state index in [9.17, 15) is 9.59 Å². The third-order valence-corrected chi connectivity index (χ3v) is 4.88. The fourth-order valence-electron chi connectivity index (χ4n) is 1.55. The molecule has 1 unspecified atom stereocenters. The Bertz CT molecular complexity index is 456. The zero-order valence-corrected chi connectivity index (χ0v) is 14.1. The summed E-state index contributed by atoms with van der Waals surface area (Å²) in [6.07, 6.45) is -0.709. The van der Waals surface area contributed by atoms with E-state index >= 15 is 0 Å². The molecule has 0 saturated heterocycles. The van der Waals surface area contributed by atoms with Gasteiger partial charge in [-0.2, -0.15) is 23.5 Å². The summed E-state index contributed by atoms with van der Waals surface area (Å²) < 4.78 is 5.03. The highest BCUT2D eigenvalue weighted by Gasteiger charge is 2.20. The highest BCUT2D eigenvalue weighted by Crippen LogP contribution is 2.08. The van der Waals surface area contributed by atoms with Crippen LogP contribution in [-0.2, 0) is 16.1 Å². The summed E-state index contributed by atoms with van der Waals surface area (Å²) in [4.78, 5) is 22.8. The van der Waals surface area contributed by atoms with Gasteiger partial charge in [0.25, 0.3) is 0 Å². The van der Waals surface area contributed by atoms with Crippen molar-refractivity contribution < 1.29 is 19.4 Å². The van der Waals surface area contributed by atoms with Gasteiger partial charge in [-0.1, -0.05) is 37.3 Å². The first kappa shape index (κ1) is 18.7. The van der Waals surface area contributed by atoms with Crippen molar-refractivity contribution in [3.8, 4) is 0 Å². The second-order valence-electron chi connectivity index (χ2n) is 4.37. The van der Waals surface area contributed by atoms with Crippen molar-refractivity contribution in [1.29, 1.82) is 0 Å². The number of carbonyl (C=O) groups excluding carboxylic acids is 1. The molecule has 1 aromatic carbocycles. The van der Waals surface area contributed by atoms with Crippen LogP contribution in [0.4, 0.5) is 4.79 Å². The second kappa shape index (κ2) is 11.3. The van der Waals surface area contributed by atoms with E-state index in [0.29, 0.717) is 5.75 Å². The minimum atomic E-state index is -1.05. The van der Waals surface area contributed by atoms with Crippen molar-refractivity contribution in [2.24, 2.45) is 0 Å². The minimum Gasteiger partial charge on any atom is -0.480 e. The van der Waals surface area contributed by atoms with Crippen LogP contribution >= 0.6 is 23.5 Å². The summed E-state index contributed by atoms with van der Waals surface area (Å²) in [6.45, 7) is 2.21. The fourth-order valence-corrected chi connectivity index (χ4v) is 3.40. The molecular formula is C15H21NO4S2. The van der Waals surface area contributed by atoms with Crippen LogP contribution < -0.4 is 5.32 Å². The van der Waals surface area contributed by atoms with Gasteiger partial charge in [-0.05, 0) is 11.3 Å². The third-order valence-electron chi connectivity index (χ3n) is 2.66. The summed E-state index contributed by atoms with van der Waals surface area (Å²) >= 11 is 3.32. The molecule has 5 nitrogen and oxygen atoms in total. The molecule has 22 heavy (non-hydrogen) atoms. The summed E-state index contributed by atoms with van der Waals surface area (Å²) in [5.41, 5.74) is 0.857. The van der Waals surface area contributed by atoms with Gasteiger partial charge in [-0.25, -0.2) is 9.59 Å². The maximum atomic E-state index is 11.7. The molecule has 0 fully saturated rings. The van der Waals surface area contributed by atoms with E-state index in [4.69, 9.17) is 9.84 Å². The van der Waals surface area contributed by atoms with Crippen molar-refractivity contribution in [2.45, 2.75) is 19.6 Å². The van der Waals surface area contributed by atoms with Crippen LogP contribution in [0.1, 0.15) is 12.5 Å². The lowest BCUT2D eigenvalue weighted by Crippen LogP contribution is -2.42. The van der Waals surface area contributed by atoms with Crippen LogP contribution in [0.3, 0.4) is 0 Å². The zero-order valence-electron chi connectivity index (χ0n) is 12.5. The first-order chi connectivity index (χ1) is 10.6. The molecule has 0 aromatic heterocycles. The molecule has 0 aliphatic heterocycles. The number of ether oxygens (including phenoxy) is 1. The SMILES string of the molecule is CCSCCSCC(NC(=O)OCc1ccccc1)C(=O)O. The molecule has 122 valence electrons. The molecule has 7 heteroatoms. The van der Waals surface area contributed by atoms with Crippen LogP contribution in [-0.4, -0.2) is 46.2 Å². The van der Waals surface area contributed by atoms with Crippen LogP contribution in [0, 0.1) is 0 Å². The van der Waals surface area contributed by atoms with E-state index < -0.39 is 18.1 Å². The number of carboxylic acid groups (broad SMARTS) is 1. The first-order valence-electron chi connectivity index (χ1n) is 6.99. The molecule has 1 amide bonds. The van der Waals surface area contributed by atoms with Gasteiger partial charge in [0.05, 0.1) is 0 Å². The standard InChI is InChI=1S/C15H21NO4S2/c1-2-21-8-9-22-11-13(14(17)18)16-15(19)20-10-12-6-4-3-5-7-12/h3-7,13H,2,8-11H2,1H3,(H,16,19)(H,17,18). The summed E-state index contributed by atoms with van der Waals surface area (Å²) in [5.74, 6) is 2.18. The lowest BCUT2D eigenvalue weighted by Gasteiger charge is -2.14. The van der Waals surface area contributed by atoms with Crippen molar-refractivity contribution in [1.82, 2.24) is 5.32 Å². The Morgan fingerprint density at radius 2 is 1.91 bits per heavy atom. The Balaban J connectivity index is 2.29. The fraction of sp³-hybridized carbons (Fsp3) is 0.467. The Kier molecular flexibility index (Phi) is 9.57. The minimum absolute atomic E-state index is 0.124. The van der Waals surface area contributed by atoms with Gasteiger partial charge in [-0.15, -0.1) is 0 Å². The maximum absolute atomic E-state index is 11.7. The molecule has 1 aromatic rings. The van der Waals surface area contributed by atoms with Crippen LogP contribution in [0.2, 0.25) is 0 Å². The highest BCUT2D eigenvalue weighted by atomic mass is 32.2. The van der Waals surface area contributed by atoms with Gasteiger partial charge in [0.1, 0.15) is 12.6 Å². The monoisotopic (exact) mass is 343 g/mol. The summed E-state index contributed by atoms with van der Waals surface area (Å²) in [5, 5.41) is 11.5. The molecule has 0 saturated carbocycles. The molecule has 2 N–H and O–H groups in total. The normalized spacial score (nSPS) is 11.7. The average Bonchev–Trinajstić information content (AvgIpc) is 2.52. The number of hydrogen-bond donors (Lipinski definition) is 2. The maximum Gasteiger partial charge on any atom is 0.408 e. The Hall–Kier alpha value is -1.34. The molecule has 1 atom stereocenters. The lowest BCUT2D eigenvalue weighted by atomic mass is 10.2. The van der Waals surface area contributed by atoms with E-state index in [2.05, 4.69) is 12.2 Å². The molecule has 0 bridgehead atoms. The number of carboxylic acids is 1. The number of carbonyl (C=O) groups is 2. The summed E-state index contributed by atoms with van der Waals surface area (Å²) in [7, 11) is 0. The molecule has 0 spiro atoms. The van der Waals surface area contributed by atoms with Gasteiger partial charge in [0, 0.05) is 17.3 Å². The molecule has 0 radical (unpaired) electrons. The van der Waals surface area contributed by atoms with Gasteiger partial charge in [0.15, 0.2) is 0 Å². The molecule has 1 rings (SSSR count). The predicted molar refractivity (Wildman–Crippen MR) is 91.5 cm³/mol. The Morgan fingerprint density at radius 1 is 1.23 bits per heavy atom. The van der Waals surface area contributed by atoms with Crippen LogP contribution in [0.25, 0.3) is 0 Å². The number of alkyl carbamates (subject to hydrolysis) is 1. The Labute approximate surface area is 139 Å². The topological polar surface area (TPSA) is 75.6 Å². The van der Waals surface area contributed by atoms with Gasteiger partial charge in [0.2, 0.25) is 0 Å². The number of amides is 1. The molecule has 0 aliphatic rings. The number of hydrogen-bond acceptors (Lipinski definition) is 5. The number of benzene rings is 1. The van der Waals surface area contributed by atoms with Crippen LogP contribution in [0.5, 0.6) is 0 Å². The number of aliphatic carboxylic acids is 1. The van der Waals surface area contributed by atoms with Crippen molar-refractivity contribution in [2.75, 3.05) is 23.0 Å². The van der Waals surface area contributed by atoms with Crippen LogP contribution in [0.15, 0.2) is 30.3 Å². The Morgan fingerprint density at radius 3 is 2.55 bits per heavy atom. The van der Waals surface area contributed by atoms with Crippen molar-refractivity contribution in [3.63, 3.8) is 0 Å². The molecular weight excluding hydrogens is 322 g/mol. The van der Waals surface area contributed by atoms with Gasteiger partial charge >= 0.3 is 12.1 Å². The quantitative estimate of drug-likeness (QED) is 0.636. The lowest BCUT2D eigenvalue weighted by molar-refractivity contribution is -0.138. The third kappa shape index (κ3) is 8.19. The number of rotatable bonds is 10.